The van der Waals surface area contributed by atoms with Crippen LogP contribution in [0.1, 0.15) is 82.6 Å². The van der Waals surface area contributed by atoms with Crippen molar-refractivity contribution in [3.05, 3.63) is 34.1 Å². The number of hydrogen-bond acceptors (Lipinski definition) is 2. The maximum atomic E-state index is 14.6. The van der Waals surface area contributed by atoms with Crippen molar-refractivity contribution in [2.45, 2.75) is 79.2 Å². The summed E-state index contributed by atoms with van der Waals surface area (Å²) in [5.41, 5.74) is 2.58. The number of esters is 1. The molecule has 1 rings (SSSR count). The molecule has 0 atom stereocenters. The Morgan fingerprint density at radius 1 is 1.18 bits per heavy atom. The van der Waals surface area contributed by atoms with E-state index in [1.54, 1.807) is 6.92 Å². The van der Waals surface area contributed by atoms with Gasteiger partial charge < -0.3 is 4.74 Å². The molecular weight excluding hydrogens is 279 g/mol. The number of hydrogen-bond donors (Lipinski definition) is 0. The fourth-order valence-corrected chi connectivity index (χ4v) is 2.72. The van der Waals surface area contributed by atoms with Gasteiger partial charge in [-0.3, -0.25) is 4.79 Å². The van der Waals surface area contributed by atoms with Crippen LogP contribution < -0.4 is 0 Å². The average molecular weight is 308 g/mol. The quantitative estimate of drug-likeness (QED) is 0.709. The second-order valence-corrected chi connectivity index (χ2v) is 7.56. The summed E-state index contributed by atoms with van der Waals surface area (Å²) in [6, 6.07) is 1.87. The summed E-state index contributed by atoms with van der Waals surface area (Å²) in [5, 5.41) is 0. The standard InChI is InChI=1S/C19H29FO2/c1-11(2)14-9-13(5)18(20)17(12(3)4)15(14)10-16(21)22-19(6,7)8/h9,11-12H,10H2,1-8H3. The Hall–Kier alpha value is -1.38. The predicted molar refractivity (Wildman–Crippen MR) is 88.9 cm³/mol. The number of benzene rings is 1. The maximum absolute atomic E-state index is 14.6. The molecule has 0 spiro atoms. The van der Waals surface area contributed by atoms with Gasteiger partial charge in [0, 0.05) is 0 Å². The van der Waals surface area contributed by atoms with Crippen LogP contribution in [0.15, 0.2) is 6.07 Å². The largest absolute Gasteiger partial charge is 0.460 e. The van der Waals surface area contributed by atoms with E-state index in [0.717, 1.165) is 11.1 Å². The van der Waals surface area contributed by atoms with Crippen molar-refractivity contribution < 1.29 is 13.9 Å². The molecule has 1 aromatic rings. The molecule has 0 bridgehead atoms. The van der Waals surface area contributed by atoms with Gasteiger partial charge in [0.05, 0.1) is 6.42 Å². The lowest BCUT2D eigenvalue weighted by Crippen LogP contribution is -2.26. The van der Waals surface area contributed by atoms with Crippen LogP contribution in [0.25, 0.3) is 0 Å². The molecule has 124 valence electrons. The van der Waals surface area contributed by atoms with Gasteiger partial charge >= 0.3 is 5.97 Å². The Morgan fingerprint density at radius 2 is 1.73 bits per heavy atom. The molecule has 0 radical (unpaired) electrons. The minimum atomic E-state index is -0.531. The third-order valence-corrected chi connectivity index (χ3v) is 3.57. The highest BCUT2D eigenvalue weighted by molar-refractivity contribution is 5.74. The summed E-state index contributed by atoms with van der Waals surface area (Å²) in [4.78, 5) is 12.2. The molecule has 0 fully saturated rings. The van der Waals surface area contributed by atoms with E-state index >= 15 is 0 Å². The SMILES string of the molecule is Cc1cc(C(C)C)c(CC(=O)OC(C)(C)C)c(C(C)C)c1F. The molecule has 22 heavy (non-hydrogen) atoms. The smallest absolute Gasteiger partial charge is 0.310 e. The summed E-state index contributed by atoms with van der Waals surface area (Å²) in [7, 11) is 0. The van der Waals surface area contributed by atoms with Crippen LogP contribution >= 0.6 is 0 Å². The molecule has 0 heterocycles. The van der Waals surface area contributed by atoms with Crippen LogP contribution in [0.2, 0.25) is 0 Å². The zero-order valence-electron chi connectivity index (χ0n) is 15.1. The fraction of sp³-hybridized carbons (Fsp3) is 0.632. The van der Waals surface area contributed by atoms with Gasteiger partial charge in [-0.15, -0.1) is 0 Å². The number of rotatable bonds is 4. The van der Waals surface area contributed by atoms with Crippen LogP contribution in [0.3, 0.4) is 0 Å². The van der Waals surface area contributed by atoms with E-state index in [9.17, 15) is 9.18 Å². The Labute approximate surface area is 134 Å². The molecule has 0 amide bonds. The molecule has 0 unspecified atom stereocenters. The summed E-state index contributed by atoms with van der Waals surface area (Å²) in [5.74, 6) is -0.249. The number of aryl methyl sites for hydroxylation is 1. The van der Waals surface area contributed by atoms with Gasteiger partial charge in [0.25, 0.3) is 0 Å². The van der Waals surface area contributed by atoms with Crippen molar-refractivity contribution in [2.24, 2.45) is 0 Å². The number of halogens is 1. The van der Waals surface area contributed by atoms with Crippen molar-refractivity contribution in [2.75, 3.05) is 0 Å². The molecule has 0 aliphatic rings. The second kappa shape index (κ2) is 6.80. The molecule has 0 saturated heterocycles. The normalized spacial score (nSPS) is 12.1. The minimum absolute atomic E-state index is 0.0230. The summed E-state index contributed by atoms with van der Waals surface area (Å²) in [6.45, 7) is 15.4. The zero-order valence-corrected chi connectivity index (χ0v) is 15.1. The fourth-order valence-electron chi connectivity index (χ4n) is 2.72. The monoisotopic (exact) mass is 308 g/mol. The zero-order chi connectivity index (χ0) is 17.2. The van der Waals surface area contributed by atoms with E-state index in [-0.39, 0.29) is 30.0 Å². The number of ether oxygens (including phenoxy) is 1. The van der Waals surface area contributed by atoms with Crippen LogP contribution in [0.5, 0.6) is 0 Å². The van der Waals surface area contributed by atoms with Gasteiger partial charge in [0.1, 0.15) is 11.4 Å². The molecule has 2 nitrogen and oxygen atoms in total. The minimum Gasteiger partial charge on any atom is -0.460 e. The van der Waals surface area contributed by atoms with E-state index in [1.165, 1.54) is 0 Å². The molecular formula is C19H29FO2. The molecule has 1 aromatic carbocycles. The third kappa shape index (κ3) is 4.56. The summed E-state index contributed by atoms with van der Waals surface area (Å²) in [6.07, 6.45) is 0.121. The van der Waals surface area contributed by atoms with Crippen LogP contribution in [0, 0.1) is 12.7 Å². The molecule has 0 aliphatic heterocycles. The van der Waals surface area contributed by atoms with Crippen molar-refractivity contribution in [3.8, 4) is 0 Å². The van der Waals surface area contributed by atoms with Crippen molar-refractivity contribution >= 4 is 5.97 Å². The van der Waals surface area contributed by atoms with Crippen LogP contribution in [0.4, 0.5) is 4.39 Å². The molecule has 0 aliphatic carbocycles. The van der Waals surface area contributed by atoms with E-state index in [0.29, 0.717) is 11.1 Å². The van der Waals surface area contributed by atoms with Gasteiger partial charge in [0.2, 0.25) is 0 Å². The van der Waals surface area contributed by atoms with E-state index in [4.69, 9.17) is 4.74 Å². The van der Waals surface area contributed by atoms with E-state index in [1.807, 2.05) is 40.7 Å². The Bertz CT molecular complexity index is 552. The highest BCUT2D eigenvalue weighted by Crippen LogP contribution is 2.33. The molecule has 0 saturated carbocycles. The maximum Gasteiger partial charge on any atom is 0.310 e. The number of carbonyl (C=O) groups is 1. The molecule has 0 aromatic heterocycles. The second-order valence-electron chi connectivity index (χ2n) is 7.56. The highest BCUT2D eigenvalue weighted by Gasteiger charge is 2.24. The van der Waals surface area contributed by atoms with Gasteiger partial charge in [0.15, 0.2) is 0 Å². The number of carbonyl (C=O) groups excluding carboxylic acids is 1. The average Bonchev–Trinajstić information content (AvgIpc) is 2.30. The van der Waals surface area contributed by atoms with Gasteiger partial charge in [-0.2, -0.15) is 0 Å². The molecule has 3 heteroatoms. The van der Waals surface area contributed by atoms with Crippen LogP contribution in [-0.4, -0.2) is 11.6 Å². The third-order valence-electron chi connectivity index (χ3n) is 3.57. The van der Waals surface area contributed by atoms with Crippen molar-refractivity contribution in [3.63, 3.8) is 0 Å². The van der Waals surface area contributed by atoms with Crippen LogP contribution in [-0.2, 0) is 16.0 Å². The first kappa shape index (κ1) is 18.7. The lowest BCUT2D eigenvalue weighted by atomic mass is 9.85. The first-order chi connectivity index (χ1) is 9.94. The summed E-state index contributed by atoms with van der Waals surface area (Å²) < 4.78 is 20.0. The highest BCUT2D eigenvalue weighted by atomic mass is 19.1. The Kier molecular flexibility index (Phi) is 5.77. The first-order valence-electron chi connectivity index (χ1n) is 7.97. The first-order valence-corrected chi connectivity index (χ1v) is 7.97. The van der Waals surface area contributed by atoms with Crippen molar-refractivity contribution in [1.29, 1.82) is 0 Å². The lowest BCUT2D eigenvalue weighted by Gasteiger charge is -2.24. The van der Waals surface area contributed by atoms with Gasteiger partial charge in [-0.1, -0.05) is 33.8 Å². The Balaban J connectivity index is 3.37. The molecule has 0 N–H and O–H groups in total. The van der Waals surface area contributed by atoms with Crippen molar-refractivity contribution in [1.82, 2.24) is 0 Å². The van der Waals surface area contributed by atoms with E-state index in [2.05, 4.69) is 13.8 Å². The van der Waals surface area contributed by atoms with Gasteiger partial charge in [-0.05, 0) is 61.8 Å². The predicted octanol–water partition coefficient (Wildman–Crippen LogP) is 5.27. The van der Waals surface area contributed by atoms with Gasteiger partial charge in [-0.25, -0.2) is 4.39 Å². The lowest BCUT2D eigenvalue weighted by molar-refractivity contribution is -0.153. The summed E-state index contributed by atoms with van der Waals surface area (Å²) >= 11 is 0. The van der Waals surface area contributed by atoms with E-state index < -0.39 is 5.60 Å². The topological polar surface area (TPSA) is 26.3 Å². The Morgan fingerprint density at radius 3 is 2.14 bits per heavy atom.